The second-order valence-electron chi connectivity index (χ2n) is 4.06. The van der Waals surface area contributed by atoms with E-state index in [0.717, 1.165) is 5.01 Å². The Morgan fingerprint density at radius 1 is 1.47 bits per heavy atom. The molecule has 0 unspecified atom stereocenters. The molecule has 0 aromatic rings. The van der Waals surface area contributed by atoms with Crippen LogP contribution in [0, 0.1) is 0 Å². The third kappa shape index (κ3) is 10.3. The molecule has 112 valence electrons. The molecule has 0 aliphatic heterocycles. The van der Waals surface area contributed by atoms with Crippen LogP contribution in [-0.4, -0.2) is 59.4 Å². The number of rotatable bonds is 10. The lowest BCUT2D eigenvalue weighted by molar-refractivity contribution is -0.164. The summed E-state index contributed by atoms with van der Waals surface area (Å²) in [7, 11) is 1.42. The summed E-state index contributed by atoms with van der Waals surface area (Å²) in [5.74, 6) is -1.56. The highest BCUT2D eigenvalue weighted by Gasteiger charge is 2.14. The average molecular weight is 279 g/mol. The van der Waals surface area contributed by atoms with Crippen molar-refractivity contribution < 1.29 is 24.7 Å². The van der Waals surface area contributed by atoms with E-state index in [1.54, 1.807) is 0 Å². The van der Waals surface area contributed by atoms with Crippen LogP contribution in [0.3, 0.4) is 0 Å². The number of aliphatic hydroxyl groups is 1. The Bertz CT molecular complexity index is 290. The highest BCUT2D eigenvalue weighted by Crippen LogP contribution is 1.98. The van der Waals surface area contributed by atoms with Gasteiger partial charge in [0.1, 0.15) is 6.54 Å². The number of carboxylic acid groups (broad SMARTS) is 1. The zero-order chi connectivity index (χ0) is 14.8. The van der Waals surface area contributed by atoms with Gasteiger partial charge in [-0.05, 0) is 6.42 Å². The first-order chi connectivity index (χ1) is 8.85. The molecular formula is C9H21N5O5. The minimum absolute atomic E-state index is 0.0542. The van der Waals surface area contributed by atoms with Crippen molar-refractivity contribution in [2.45, 2.75) is 25.0 Å². The van der Waals surface area contributed by atoms with Crippen molar-refractivity contribution in [3.63, 3.8) is 0 Å². The number of hydroxylamine groups is 1. The Kier molecular flexibility index (Phi) is 8.95. The maximum Gasteiger partial charge on any atom is 0.319 e. The average Bonchev–Trinajstić information content (AvgIpc) is 2.27. The maximum absolute atomic E-state index is 11.3. The molecule has 0 spiro atoms. The van der Waals surface area contributed by atoms with Crippen LogP contribution >= 0.6 is 0 Å². The number of hydrogen-bond donors (Lipinski definition) is 6. The van der Waals surface area contributed by atoms with Crippen molar-refractivity contribution in [3.8, 4) is 0 Å². The Hall–Kier alpha value is -1.30. The first-order valence-electron chi connectivity index (χ1n) is 5.62. The van der Waals surface area contributed by atoms with E-state index in [9.17, 15) is 14.7 Å². The van der Waals surface area contributed by atoms with Crippen molar-refractivity contribution in [1.29, 1.82) is 0 Å². The van der Waals surface area contributed by atoms with E-state index in [2.05, 4.69) is 10.5 Å². The van der Waals surface area contributed by atoms with Crippen molar-refractivity contribution in [1.82, 2.24) is 16.1 Å². The molecule has 2 atom stereocenters. The predicted molar refractivity (Wildman–Crippen MR) is 64.9 cm³/mol. The Balaban J connectivity index is 3.72. The number of carbonyl (C=O) groups excluding carboxylic acids is 1. The topological polar surface area (TPSA) is 163 Å². The molecule has 0 radical (unpaired) electrons. The molecule has 0 saturated heterocycles. The van der Waals surface area contributed by atoms with E-state index < -0.39 is 24.0 Å². The minimum atomic E-state index is -1.05. The lowest BCUT2D eigenvalue weighted by Crippen LogP contribution is -2.44. The second-order valence-corrected chi connectivity index (χ2v) is 4.06. The quantitative estimate of drug-likeness (QED) is 0.227. The molecule has 10 nitrogen and oxygen atoms in total. The molecule has 1 amide bonds. The third-order valence-electron chi connectivity index (χ3n) is 2.03. The fraction of sp³-hybridized carbons (Fsp3) is 0.778. The third-order valence-corrected chi connectivity index (χ3v) is 2.03. The molecule has 0 aliphatic rings. The summed E-state index contributed by atoms with van der Waals surface area (Å²) < 4.78 is 0. The zero-order valence-corrected chi connectivity index (χ0v) is 10.7. The number of nitrogens with one attached hydrogen (secondary N) is 2. The molecular weight excluding hydrogens is 258 g/mol. The van der Waals surface area contributed by atoms with Crippen LogP contribution in [0.2, 0.25) is 0 Å². The highest BCUT2D eigenvalue weighted by atomic mass is 16.8. The van der Waals surface area contributed by atoms with Gasteiger partial charge >= 0.3 is 5.97 Å². The Morgan fingerprint density at radius 2 is 2.11 bits per heavy atom. The van der Waals surface area contributed by atoms with Gasteiger partial charge in [0.05, 0.1) is 6.10 Å². The van der Waals surface area contributed by atoms with Crippen molar-refractivity contribution in [3.05, 3.63) is 0 Å². The molecule has 10 heteroatoms. The molecule has 0 aromatic heterocycles. The van der Waals surface area contributed by atoms with E-state index in [0.29, 0.717) is 0 Å². The summed E-state index contributed by atoms with van der Waals surface area (Å²) in [5.41, 5.74) is 15.0. The summed E-state index contributed by atoms with van der Waals surface area (Å²) in [4.78, 5) is 26.2. The van der Waals surface area contributed by atoms with E-state index in [1.165, 1.54) is 7.05 Å². The summed E-state index contributed by atoms with van der Waals surface area (Å²) in [5, 5.41) is 18.8. The van der Waals surface area contributed by atoms with Gasteiger partial charge in [0.25, 0.3) is 0 Å². The number of hydrazine groups is 1. The molecule has 0 heterocycles. The van der Waals surface area contributed by atoms with Crippen LogP contribution in [-0.2, 0) is 14.5 Å². The van der Waals surface area contributed by atoms with Crippen LogP contribution < -0.4 is 22.5 Å². The number of carboxylic acids is 1. The van der Waals surface area contributed by atoms with E-state index in [-0.39, 0.29) is 25.9 Å². The summed E-state index contributed by atoms with van der Waals surface area (Å²) in [6.07, 6.45) is -0.596. The van der Waals surface area contributed by atoms with Crippen LogP contribution in [0.15, 0.2) is 0 Å². The van der Waals surface area contributed by atoms with Gasteiger partial charge < -0.3 is 21.7 Å². The maximum atomic E-state index is 11.3. The van der Waals surface area contributed by atoms with Gasteiger partial charge in [-0.25, -0.2) is 10.5 Å². The van der Waals surface area contributed by atoms with Gasteiger partial charge in [-0.2, -0.15) is 4.94 Å². The van der Waals surface area contributed by atoms with Crippen LogP contribution in [0.25, 0.3) is 0 Å². The number of nitrogens with two attached hydrogens (primary N) is 2. The second kappa shape index (κ2) is 9.61. The largest absolute Gasteiger partial charge is 0.480 e. The van der Waals surface area contributed by atoms with Crippen molar-refractivity contribution in [2.24, 2.45) is 11.5 Å². The smallest absolute Gasteiger partial charge is 0.319 e. The van der Waals surface area contributed by atoms with Crippen LogP contribution in [0.4, 0.5) is 0 Å². The fourth-order valence-corrected chi connectivity index (χ4v) is 1.20. The number of aliphatic carboxylic acids is 1. The van der Waals surface area contributed by atoms with Gasteiger partial charge in [0.15, 0.2) is 0 Å². The summed E-state index contributed by atoms with van der Waals surface area (Å²) >= 11 is 0. The van der Waals surface area contributed by atoms with Crippen molar-refractivity contribution in [2.75, 3.05) is 20.1 Å². The molecule has 0 aromatic carbocycles. The van der Waals surface area contributed by atoms with E-state index in [1.807, 2.05) is 5.48 Å². The number of hydrogen-bond acceptors (Lipinski definition) is 8. The molecule has 0 saturated carbocycles. The standard InChI is InChI=1S/C9H21N5O5/c1-14(5-9(17)18)13-19-12-8(16)3-6(11)2-7(15)4-10/h6-7,13,15H,2-5,10-11H2,1H3,(H,12,16)(H,17,18)/t6-,7-/m1/s1. The molecule has 0 bridgehead atoms. The van der Waals surface area contributed by atoms with E-state index >= 15 is 0 Å². The number of aliphatic hydroxyl groups excluding tert-OH is 1. The number of likely N-dealkylation sites (N-methyl/N-ethyl adjacent to an activating group) is 1. The van der Waals surface area contributed by atoms with Gasteiger partial charge in [-0.15, -0.1) is 5.59 Å². The lowest BCUT2D eigenvalue weighted by Gasteiger charge is -2.17. The first kappa shape index (κ1) is 17.7. The fourth-order valence-electron chi connectivity index (χ4n) is 1.20. The summed E-state index contributed by atoms with van der Waals surface area (Å²) in [6, 6.07) is -0.543. The number of nitrogens with zero attached hydrogens (tertiary/aromatic N) is 1. The Morgan fingerprint density at radius 3 is 2.63 bits per heavy atom. The van der Waals surface area contributed by atoms with Gasteiger partial charge in [-0.3, -0.25) is 9.59 Å². The minimum Gasteiger partial charge on any atom is -0.480 e. The van der Waals surface area contributed by atoms with Gasteiger partial charge in [0.2, 0.25) is 5.91 Å². The monoisotopic (exact) mass is 279 g/mol. The highest BCUT2D eigenvalue weighted by molar-refractivity contribution is 5.75. The molecule has 0 fully saturated rings. The molecule has 8 N–H and O–H groups in total. The molecule has 19 heavy (non-hydrogen) atoms. The number of carbonyl (C=O) groups is 2. The SMILES string of the molecule is CN(CC(=O)O)NONC(=O)C[C@H](N)C[C@@H](O)CN. The number of amides is 1. The molecule has 0 aliphatic carbocycles. The summed E-state index contributed by atoms with van der Waals surface area (Å²) in [6.45, 7) is -0.231. The first-order valence-corrected chi connectivity index (χ1v) is 5.62. The molecule has 0 rings (SSSR count). The van der Waals surface area contributed by atoms with Crippen LogP contribution in [0.5, 0.6) is 0 Å². The van der Waals surface area contributed by atoms with E-state index in [4.69, 9.17) is 16.6 Å². The predicted octanol–water partition coefficient (Wildman–Crippen LogP) is -3.10. The lowest BCUT2D eigenvalue weighted by atomic mass is 10.1. The van der Waals surface area contributed by atoms with Gasteiger partial charge in [-0.1, -0.05) is 0 Å². The van der Waals surface area contributed by atoms with Crippen LogP contribution in [0.1, 0.15) is 12.8 Å². The van der Waals surface area contributed by atoms with Gasteiger partial charge in [0, 0.05) is 26.1 Å². The Labute approximate surface area is 110 Å². The normalized spacial score (nSPS) is 14.2. The zero-order valence-electron chi connectivity index (χ0n) is 10.7. The van der Waals surface area contributed by atoms with Crippen molar-refractivity contribution >= 4 is 11.9 Å².